The third-order valence-corrected chi connectivity index (χ3v) is 7.60. The predicted molar refractivity (Wildman–Crippen MR) is 144 cm³/mol. The monoisotopic (exact) mass is 582 g/mol. The van der Waals surface area contributed by atoms with E-state index >= 15 is 0 Å². The van der Waals surface area contributed by atoms with E-state index in [1.54, 1.807) is 38.1 Å². The van der Waals surface area contributed by atoms with E-state index in [2.05, 4.69) is 20.9 Å². The van der Waals surface area contributed by atoms with Gasteiger partial charge < -0.3 is 9.15 Å². The molecule has 0 amide bonds. The van der Waals surface area contributed by atoms with Crippen molar-refractivity contribution < 1.29 is 13.9 Å². The number of nitrogens with zero attached hydrogens (tertiary/aromatic N) is 2. The van der Waals surface area contributed by atoms with E-state index in [0.29, 0.717) is 42.7 Å². The van der Waals surface area contributed by atoms with Crippen LogP contribution in [0.15, 0.2) is 90.6 Å². The Balaban J connectivity index is 1.65. The van der Waals surface area contributed by atoms with Gasteiger partial charge in [0.1, 0.15) is 17.6 Å². The van der Waals surface area contributed by atoms with Crippen molar-refractivity contribution in [2.24, 2.45) is 4.99 Å². The number of fused-ring (bicyclic) bond motifs is 1. The fraction of sp³-hybridized carbons (Fsp3) is 0.148. The minimum atomic E-state index is -0.758. The molecule has 1 unspecified atom stereocenters. The van der Waals surface area contributed by atoms with Gasteiger partial charge in [0, 0.05) is 21.1 Å². The molecule has 1 aliphatic heterocycles. The summed E-state index contributed by atoms with van der Waals surface area (Å²) in [5, 5.41) is 0.443. The van der Waals surface area contributed by atoms with Crippen LogP contribution in [0.4, 0.5) is 0 Å². The van der Waals surface area contributed by atoms with Crippen molar-refractivity contribution in [2.45, 2.75) is 19.9 Å². The lowest BCUT2D eigenvalue weighted by molar-refractivity contribution is -0.139. The molecule has 0 fully saturated rings. The second-order valence-corrected chi connectivity index (χ2v) is 10.4. The zero-order valence-electron chi connectivity index (χ0n) is 19.3. The van der Waals surface area contributed by atoms with Crippen molar-refractivity contribution in [3.8, 4) is 11.3 Å². The van der Waals surface area contributed by atoms with Crippen LogP contribution in [0.5, 0.6) is 0 Å². The van der Waals surface area contributed by atoms with E-state index < -0.39 is 12.0 Å². The van der Waals surface area contributed by atoms with Crippen LogP contribution >= 0.6 is 38.9 Å². The topological polar surface area (TPSA) is 73.8 Å². The summed E-state index contributed by atoms with van der Waals surface area (Å²) in [5.41, 5.74) is 2.04. The molecule has 2 aromatic heterocycles. The number of esters is 1. The molecule has 0 saturated carbocycles. The van der Waals surface area contributed by atoms with Crippen LogP contribution < -0.4 is 14.9 Å². The van der Waals surface area contributed by atoms with Crippen molar-refractivity contribution in [1.29, 1.82) is 0 Å². The van der Waals surface area contributed by atoms with Crippen LogP contribution in [0.25, 0.3) is 17.4 Å². The van der Waals surface area contributed by atoms with Crippen molar-refractivity contribution in [3.63, 3.8) is 0 Å². The predicted octanol–water partition coefficient (Wildman–Crippen LogP) is 5.47. The number of allylic oxidation sites excluding steroid dienone is 1. The molecular weight excluding hydrogens is 564 g/mol. The Morgan fingerprint density at radius 2 is 1.94 bits per heavy atom. The zero-order chi connectivity index (χ0) is 25.4. The summed E-state index contributed by atoms with van der Waals surface area (Å²) >= 11 is 11.2. The maximum atomic E-state index is 13.7. The van der Waals surface area contributed by atoms with Crippen LogP contribution in [0.2, 0.25) is 5.02 Å². The van der Waals surface area contributed by atoms with Gasteiger partial charge in [-0.3, -0.25) is 9.36 Å². The molecule has 9 heteroatoms. The molecule has 0 spiro atoms. The smallest absolute Gasteiger partial charge is 0.338 e. The summed E-state index contributed by atoms with van der Waals surface area (Å²) in [6, 6.07) is 17.9. The van der Waals surface area contributed by atoms with Gasteiger partial charge in [0.2, 0.25) is 0 Å². The van der Waals surface area contributed by atoms with Crippen molar-refractivity contribution in [2.75, 3.05) is 6.61 Å². The van der Waals surface area contributed by atoms with E-state index in [1.807, 2.05) is 42.5 Å². The summed E-state index contributed by atoms with van der Waals surface area (Å²) in [4.78, 5) is 31.7. The van der Waals surface area contributed by atoms with Gasteiger partial charge in [-0.1, -0.05) is 69.2 Å². The second kappa shape index (κ2) is 10.0. The van der Waals surface area contributed by atoms with E-state index in [-0.39, 0.29) is 12.2 Å². The average molecular weight is 584 g/mol. The summed E-state index contributed by atoms with van der Waals surface area (Å²) in [5.74, 6) is 0.702. The number of halogens is 2. The lowest BCUT2D eigenvalue weighted by Gasteiger charge is -2.25. The van der Waals surface area contributed by atoms with Gasteiger partial charge in [-0.25, -0.2) is 9.79 Å². The molecular formula is C27H20BrClN2O4S. The minimum Gasteiger partial charge on any atom is -0.463 e. The molecule has 2 aromatic carbocycles. The molecule has 4 aromatic rings. The number of rotatable bonds is 5. The van der Waals surface area contributed by atoms with Crippen LogP contribution in [0, 0.1) is 0 Å². The van der Waals surface area contributed by atoms with Gasteiger partial charge in [0.15, 0.2) is 4.80 Å². The molecule has 36 heavy (non-hydrogen) atoms. The van der Waals surface area contributed by atoms with Crippen molar-refractivity contribution >= 4 is 50.9 Å². The molecule has 3 heterocycles. The highest BCUT2D eigenvalue weighted by atomic mass is 79.9. The van der Waals surface area contributed by atoms with Gasteiger partial charge >= 0.3 is 5.97 Å². The fourth-order valence-corrected chi connectivity index (χ4v) is 5.64. The van der Waals surface area contributed by atoms with Crippen LogP contribution in [0.3, 0.4) is 0 Å². The van der Waals surface area contributed by atoms with Crippen molar-refractivity contribution in [3.05, 3.63) is 112 Å². The molecule has 6 nitrogen and oxygen atoms in total. The van der Waals surface area contributed by atoms with Gasteiger partial charge in [-0.15, -0.1) is 0 Å². The highest BCUT2D eigenvalue weighted by Crippen LogP contribution is 2.34. The lowest BCUT2D eigenvalue weighted by Crippen LogP contribution is -2.40. The molecule has 0 radical (unpaired) electrons. The number of hydrogen-bond donors (Lipinski definition) is 0. The number of thiazole rings is 1. The van der Waals surface area contributed by atoms with Crippen molar-refractivity contribution in [1.82, 2.24) is 4.57 Å². The Morgan fingerprint density at radius 3 is 2.67 bits per heavy atom. The molecule has 0 bridgehead atoms. The highest BCUT2D eigenvalue weighted by molar-refractivity contribution is 9.10. The Bertz CT molecular complexity index is 1680. The number of hydrogen-bond acceptors (Lipinski definition) is 6. The second-order valence-electron chi connectivity index (χ2n) is 8.03. The number of carbonyl (C=O) groups excluding carboxylic acids is 1. The van der Waals surface area contributed by atoms with Gasteiger partial charge in [0.05, 0.1) is 22.4 Å². The van der Waals surface area contributed by atoms with E-state index in [4.69, 9.17) is 20.8 Å². The summed E-state index contributed by atoms with van der Waals surface area (Å²) in [7, 11) is 0. The third kappa shape index (κ3) is 4.52. The number of furan rings is 1. The minimum absolute atomic E-state index is 0.203. The Hall–Kier alpha value is -3.20. The van der Waals surface area contributed by atoms with Crippen LogP contribution in [0.1, 0.15) is 31.2 Å². The van der Waals surface area contributed by atoms with Gasteiger partial charge in [0.25, 0.3) is 5.56 Å². The molecule has 1 aliphatic rings. The molecule has 1 atom stereocenters. The first kappa shape index (κ1) is 24.5. The largest absolute Gasteiger partial charge is 0.463 e. The van der Waals surface area contributed by atoms with E-state index in [1.165, 1.54) is 15.9 Å². The highest BCUT2D eigenvalue weighted by Gasteiger charge is 2.34. The number of benzene rings is 2. The first-order valence-electron chi connectivity index (χ1n) is 11.2. The standard InChI is InChI=1S/C27H20BrClN2O4S/c1-3-34-26(33)23-15(2)30-27-31(24(23)19-6-4-5-7-20(19)29)25(32)22(36-27)14-18-12-13-21(35-18)16-8-10-17(28)11-9-16/h4-14,24H,3H2,1-2H3. The Kier molecular flexibility index (Phi) is 6.83. The lowest BCUT2D eigenvalue weighted by atomic mass is 9.96. The number of aromatic nitrogens is 1. The number of carbonyl (C=O) groups is 1. The Morgan fingerprint density at radius 1 is 1.19 bits per heavy atom. The van der Waals surface area contributed by atoms with E-state index in [0.717, 1.165) is 10.0 Å². The average Bonchev–Trinajstić information content (AvgIpc) is 3.44. The zero-order valence-corrected chi connectivity index (χ0v) is 22.5. The van der Waals surface area contributed by atoms with Crippen LogP contribution in [-0.2, 0) is 9.53 Å². The SMILES string of the molecule is CCOC(=O)C1=C(C)N=c2sc(=Cc3ccc(-c4ccc(Br)cc4)o3)c(=O)n2C1c1ccccc1Cl. The maximum Gasteiger partial charge on any atom is 0.338 e. The summed E-state index contributed by atoms with van der Waals surface area (Å²) in [6.45, 7) is 3.68. The normalized spacial score (nSPS) is 15.6. The third-order valence-electron chi connectivity index (χ3n) is 5.75. The quantitative estimate of drug-likeness (QED) is 0.292. The fourth-order valence-electron chi connectivity index (χ4n) is 4.11. The molecule has 0 N–H and O–H groups in total. The molecule has 182 valence electrons. The maximum absolute atomic E-state index is 13.7. The summed E-state index contributed by atoms with van der Waals surface area (Å²) < 4.78 is 14.2. The summed E-state index contributed by atoms with van der Waals surface area (Å²) in [6.07, 6.45) is 1.69. The molecule has 0 aliphatic carbocycles. The Labute approximate surface area is 224 Å². The first-order chi connectivity index (χ1) is 17.4. The molecule has 5 rings (SSSR count). The number of ether oxygens (including phenoxy) is 1. The molecule has 0 saturated heterocycles. The van der Waals surface area contributed by atoms with Gasteiger partial charge in [-0.2, -0.15) is 0 Å². The first-order valence-corrected chi connectivity index (χ1v) is 13.2. The van der Waals surface area contributed by atoms with E-state index in [9.17, 15) is 9.59 Å². The van der Waals surface area contributed by atoms with Gasteiger partial charge in [-0.05, 0) is 49.7 Å². The van der Waals surface area contributed by atoms with Crippen LogP contribution in [-0.4, -0.2) is 17.1 Å².